The number of aromatic nitrogens is 1. The van der Waals surface area contributed by atoms with Crippen molar-refractivity contribution in [1.82, 2.24) is 4.57 Å². The first-order valence-corrected chi connectivity index (χ1v) is 5.88. The molecule has 0 aliphatic rings. The smallest absolute Gasteiger partial charge is 0.338 e. The molecule has 5 nitrogen and oxygen atoms in total. The van der Waals surface area contributed by atoms with Crippen molar-refractivity contribution in [1.29, 1.82) is 0 Å². The minimum Gasteiger partial charge on any atom is -0.478 e. The summed E-state index contributed by atoms with van der Waals surface area (Å²) in [6.45, 7) is 4.87. The number of aromatic carboxylic acids is 1. The van der Waals surface area contributed by atoms with Crippen LogP contribution in [0.1, 0.15) is 52.9 Å². The predicted molar refractivity (Wildman–Crippen MR) is 70.3 cm³/mol. The summed E-state index contributed by atoms with van der Waals surface area (Å²) in [7, 11) is 1.59. The molecule has 2 N–H and O–H groups in total. The molecular weight excluding hydrogens is 246 g/mol. The molecule has 0 aliphatic carbocycles. The van der Waals surface area contributed by atoms with Gasteiger partial charge in [0.1, 0.15) is 5.60 Å². The molecule has 0 spiro atoms. The van der Waals surface area contributed by atoms with Crippen LogP contribution in [0.3, 0.4) is 0 Å². The van der Waals surface area contributed by atoms with Crippen molar-refractivity contribution < 1.29 is 19.8 Å². The number of carbonyl (C=O) groups excluding carboxylic acids is 1. The molecule has 1 aromatic heterocycles. The van der Waals surface area contributed by atoms with Crippen molar-refractivity contribution in [3.05, 3.63) is 22.5 Å². The van der Waals surface area contributed by atoms with Crippen molar-refractivity contribution in [2.75, 3.05) is 0 Å². The molecule has 0 bridgehead atoms. The molecule has 1 heterocycles. The zero-order valence-electron chi connectivity index (χ0n) is 11.4. The lowest BCUT2D eigenvalue weighted by Gasteiger charge is -2.06. The summed E-state index contributed by atoms with van der Waals surface area (Å²) in [6.07, 6.45) is 0.955. The highest BCUT2D eigenvalue weighted by Gasteiger charge is 2.23. The molecule has 0 radical (unpaired) electrons. The minimum atomic E-state index is -1.18. The lowest BCUT2D eigenvalue weighted by Crippen LogP contribution is -2.14. The highest BCUT2D eigenvalue weighted by molar-refractivity contribution is 5.99. The molecule has 0 saturated carbocycles. The Morgan fingerprint density at radius 1 is 1.47 bits per heavy atom. The molecule has 19 heavy (non-hydrogen) atoms. The van der Waals surface area contributed by atoms with Crippen LogP contribution >= 0.6 is 0 Å². The van der Waals surface area contributed by atoms with E-state index in [1.54, 1.807) is 14.0 Å². The Balaban J connectivity index is 3.60. The number of aldehydes is 1. The SMILES string of the molecule is CCc1c(C(=O)O)c(C=O)n(C)c1C#CC(C)(C)O. The number of carboxylic acid groups (broad SMARTS) is 1. The van der Waals surface area contributed by atoms with E-state index < -0.39 is 11.6 Å². The Labute approximate surface area is 111 Å². The summed E-state index contributed by atoms with van der Waals surface area (Å²) in [5.74, 6) is 4.25. The van der Waals surface area contributed by atoms with Gasteiger partial charge in [-0.1, -0.05) is 12.8 Å². The normalized spacial score (nSPS) is 10.8. The van der Waals surface area contributed by atoms with Gasteiger partial charge in [0, 0.05) is 12.6 Å². The Morgan fingerprint density at radius 3 is 2.42 bits per heavy atom. The Hall–Kier alpha value is -2.06. The molecule has 1 rings (SSSR count). The third-order valence-corrected chi connectivity index (χ3v) is 2.71. The average Bonchev–Trinajstić information content (AvgIpc) is 2.57. The van der Waals surface area contributed by atoms with Crippen molar-refractivity contribution in [2.45, 2.75) is 32.8 Å². The third-order valence-electron chi connectivity index (χ3n) is 2.71. The molecule has 0 amide bonds. The van der Waals surface area contributed by atoms with Gasteiger partial charge in [0.2, 0.25) is 0 Å². The van der Waals surface area contributed by atoms with Crippen molar-refractivity contribution >= 4 is 12.3 Å². The Kier molecular flexibility index (Phi) is 4.17. The summed E-state index contributed by atoms with van der Waals surface area (Å²) in [5, 5.41) is 18.8. The van der Waals surface area contributed by atoms with Crippen molar-refractivity contribution in [3.63, 3.8) is 0 Å². The third kappa shape index (κ3) is 3.04. The summed E-state index contributed by atoms with van der Waals surface area (Å²) in [6, 6.07) is 0. The summed E-state index contributed by atoms with van der Waals surface area (Å²) < 4.78 is 1.45. The van der Waals surface area contributed by atoms with Gasteiger partial charge in [-0.15, -0.1) is 0 Å². The highest BCUT2D eigenvalue weighted by Crippen LogP contribution is 2.21. The van der Waals surface area contributed by atoms with Crippen LogP contribution in [-0.4, -0.2) is 32.6 Å². The van der Waals surface area contributed by atoms with E-state index in [-0.39, 0.29) is 11.3 Å². The van der Waals surface area contributed by atoms with Crippen molar-refractivity contribution in [3.8, 4) is 11.8 Å². The lowest BCUT2D eigenvalue weighted by molar-refractivity contribution is 0.0692. The van der Waals surface area contributed by atoms with Crippen LogP contribution in [0, 0.1) is 11.8 Å². The topological polar surface area (TPSA) is 79.5 Å². The Bertz CT molecular complexity index is 579. The molecule has 102 valence electrons. The van der Waals surface area contributed by atoms with Gasteiger partial charge in [0.15, 0.2) is 6.29 Å². The van der Waals surface area contributed by atoms with Crippen molar-refractivity contribution in [2.24, 2.45) is 7.05 Å². The average molecular weight is 263 g/mol. The largest absolute Gasteiger partial charge is 0.478 e. The number of aliphatic hydroxyl groups is 1. The lowest BCUT2D eigenvalue weighted by atomic mass is 10.1. The van der Waals surface area contributed by atoms with Gasteiger partial charge in [0.05, 0.1) is 17.0 Å². The van der Waals surface area contributed by atoms with Gasteiger partial charge in [-0.3, -0.25) is 4.79 Å². The second-order valence-electron chi connectivity index (χ2n) is 4.73. The monoisotopic (exact) mass is 263 g/mol. The van der Waals surface area contributed by atoms with Crippen LogP contribution in [0.4, 0.5) is 0 Å². The number of nitrogens with zero attached hydrogens (tertiary/aromatic N) is 1. The van der Waals surface area contributed by atoms with E-state index in [2.05, 4.69) is 11.8 Å². The molecule has 0 atom stereocenters. The van der Waals surface area contributed by atoms with Gasteiger partial charge in [-0.25, -0.2) is 4.79 Å². The van der Waals surface area contributed by atoms with E-state index in [1.807, 2.05) is 0 Å². The van der Waals surface area contributed by atoms with Gasteiger partial charge in [-0.05, 0) is 26.2 Å². The maximum atomic E-state index is 11.3. The molecule has 5 heteroatoms. The van der Waals surface area contributed by atoms with Gasteiger partial charge >= 0.3 is 5.97 Å². The molecule has 0 fully saturated rings. The molecular formula is C14H17NO4. The van der Waals surface area contributed by atoms with Crippen LogP contribution in [0.15, 0.2) is 0 Å². The fourth-order valence-corrected chi connectivity index (χ4v) is 1.86. The van der Waals surface area contributed by atoms with Gasteiger partial charge in [0.25, 0.3) is 0 Å². The van der Waals surface area contributed by atoms with E-state index in [9.17, 15) is 19.8 Å². The van der Waals surface area contributed by atoms with Gasteiger partial charge in [-0.2, -0.15) is 0 Å². The number of hydrogen-bond donors (Lipinski definition) is 2. The maximum Gasteiger partial charge on any atom is 0.338 e. The fourth-order valence-electron chi connectivity index (χ4n) is 1.86. The molecule has 0 aliphatic heterocycles. The summed E-state index contributed by atoms with van der Waals surface area (Å²) >= 11 is 0. The number of hydrogen-bond acceptors (Lipinski definition) is 3. The van der Waals surface area contributed by atoms with E-state index in [0.29, 0.717) is 24.0 Å². The Morgan fingerprint density at radius 2 is 2.05 bits per heavy atom. The molecule has 1 aromatic rings. The van der Waals surface area contributed by atoms with E-state index in [1.165, 1.54) is 18.4 Å². The van der Waals surface area contributed by atoms with E-state index in [0.717, 1.165) is 0 Å². The van der Waals surface area contributed by atoms with Crippen LogP contribution in [0.2, 0.25) is 0 Å². The zero-order valence-corrected chi connectivity index (χ0v) is 11.4. The second kappa shape index (κ2) is 5.29. The minimum absolute atomic E-state index is 0.0138. The quantitative estimate of drug-likeness (QED) is 0.635. The van der Waals surface area contributed by atoms with E-state index in [4.69, 9.17) is 0 Å². The van der Waals surface area contributed by atoms with E-state index >= 15 is 0 Å². The first-order valence-electron chi connectivity index (χ1n) is 5.88. The number of rotatable bonds is 3. The first-order chi connectivity index (χ1) is 8.72. The van der Waals surface area contributed by atoms with Crippen LogP contribution < -0.4 is 0 Å². The van der Waals surface area contributed by atoms with Crippen LogP contribution in [0.25, 0.3) is 0 Å². The highest BCUT2D eigenvalue weighted by atomic mass is 16.4. The number of carboxylic acids is 1. The summed E-state index contributed by atoms with van der Waals surface area (Å²) in [5.41, 5.74) is -0.151. The fraction of sp³-hybridized carbons (Fsp3) is 0.429. The molecule has 0 aromatic carbocycles. The second-order valence-corrected chi connectivity index (χ2v) is 4.73. The molecule has 0 saturated heterocycles. The number of carbonyl (C=O) groups is 2. The standard InChI is InChI=1S/C14H17NO4/c1-5-9-10(6-7-14(2,3)19)15(4)11(8-16)12(9)13(17)18/h8,19H,5H2,1-4H3,(H,17,18). The maximum absolute atomic E-state index is 11.3. The first kappa shape index (κ1) is 15.0. The predicted octanol–water partition coefficient (Wildman–Crippen LogP) is 1.22. The van der Waals surface area contributed by atoms with Crippen LogP contribution in [0.5, 0.6) is 0 Å². The molecule has 0 unspecified atom stereocenters. The summed E-state index contributed by atoms with van der Waals surface area (Å²) in [4.78, 5) is 22.3. The zero-order chi connectivity index (χ0) is 14.8. The van der Waals surface area contributed by atoms with Gasteiger partial charge < -0.3 is 14.8 Å². The van der Waals surface area contributed by atoms with Crippen LogP contribution in [-0.2, 0) is 13.5 Å².